The van der Waals surface area contributed by atoms with Crippen LogP contribution in [-0.4, -0.2) is 18.2 Å². The maximum Gasteiger partial charge on any atom is 0.261 e. The third-order valence-corrected chi connectivity index (χ3v) is 3.47. The molecule has 3 aromatic rings. The first kappa shape index (κ1) is 14.8. The predicted octanol–water partition coefficient (Wildman–Crippen LogP) is 3.91. The Hall–Kier alpha value is -3.08. The number of amides is 1. The molecule has 0 saturated carbocycles. The lowest BCUT2D eigenvalue weighted by Crippen LogP contribution is -2.13. The van der Waals surface area contributed by atoms with E-state index >= 15 is 0 Å². The molecule has 3 rings (SSSR count). The number of ether oxygens (including phenoxy) is 1. The summed E-state index contributed by atoms with van der Waals surface area (Å²) in [5.41, 5.74) is 2.48. The van der Waals surface area contributed by atoms with Gasteiger partial charge in [0.15, 0.2) is 5.76 Å². The van der Waals surface area contributed by atoms with Crippen molar-refractivity contribution in [1.29, 1.82) is 0 Å². The number of aromatic nitrogens is 1. The number of hydrogen-bond donors (Lipinski definition) is 1. The van der Waals surface area contributed by atoms with Crippen LogP contribution in [0.25, 0.3) is 11.3 Å². The zero-order valence-corrected chi connectivity index (χ0v) is 12.9. The molecule has 0 aliphatic rings. The van der Waals surface area contributed by atoms with E-state index in [1.807, 2.05) is 30.3 Å². The highest BCUT2D eigenvalue weighted by molar-refractivity contribution is 6.08. The highest BCUT2D eigenvalue weighted by Gasteiger charge is 2.21. The van der Waals surface area contributed by atoms with Crippen molar-refractivity contribution in [2.75, 3.05) is 12.4 Å². The zero-order chi connectivity index (χ0) is 16.2. The van der Waals surface area contributed by atoms with Gasteiger partial charge in [0.2, 0.25) is 0 Å². The minimum absolute atomic E-state index is 0.257. The van der Waals surface area contributed by atoms with Gasteiger partial charge in [0.25, 0.3) is 5.91 Å². The van der Waals surface area contributed by atoms with Crippen molar-refractivity contribution in [3.63, 3.8) is 0 Å². The largest absolute Gasteiger partial charge is 0.497 e. The molecule has 0 unspecified atom stereocenters. The summed E-state index contributed by atoms with van der Waals surface area (Å²) in [7, 11) is 1.60. The van der Waals surface area contributed by atoms with E-state index in [0.29, 0.717) is 22.7 Å². The van der Waals surface area contributed by atoms with E-state index in [2.05, 4.69) is 10.5 Å². The lowest BCUT2D eigenvalue weighted by molar-refractivity contribution is 0.102. The molecule has 0 atom stereocenters. The highest BCUT2D eigenvalue weighted by Crippen LogP contribution is 2.27. The average molecular weight is 308 g/mol. The standard InChI is InChI=1S/C18H16N2O3/c1-12-16(17(23-20-12)13-6-4-3-5-7-13)18(21)19-14-8-10-15(22-2)11-9-14/h3-11H,1-2H3,(H,19,21). The van der Waals surface area contributed by atoms with E-state index in [4.69, 9.17) is 9.26 Å². The molecule has 1 N–H and O–H groups in total. The Morgan fingerprint density at radius 2 is 1.78 bits per heavy atom. The van der Waals surface area contributed by atoms with Gasteiger partial charge in [0, 0.05) is 11.3 Å². The molecule has 0 bridgehead atoms. The van der Waals surface area contributed by atoms with Gasteiger partial charge in [0.1, 0.15) is 11.3 Å². The average Bonchev–Trinajstić information content (AvgIpc) is 2.98. The maximum atomic E-state index is 12.6. The molecule has 5 nitrogen and oxygen atoms in total. The fourth-order valence-corrected chi connectivity index (χ4v) is 2.29. The number of methoxy groups -OCH3 is 1. The van der Waals surface area contributed by atoms with Gasteiger partial charge in [-0.2, -0.15) is 0 Å². The molecule has 116 valence electrons. The summed E-state index contributed by atoms with van der Waals surface area (Å²) in [6.07, 6.45) is 0. The van der Waals surface area contributed by atoms with E-state index < -0.39 is 0 Å². The number of aryl methyl sites for hydroxylation is 1. The van der Waals surface area contributed by atoms with E-state index in [9.17, 15) is 4.79 Å². The Bertz CT molecular complexity index is 808. The normalized spacial score (nSPS) is 10.3. The van der Waals surface area contributed by atoms with Crippen molar-refractivity contribution in [3.8, 4) is 17.1 Å². The second-order valence-electron chi connectivity index (χ2n) is 5.02. The Balaban J connectivity index is 1.89. The summed E-state index contributed by atoms with van der Waals surface area (Å²) < 4.78 is 10.5. The molecule has 0 saturated heterocycles. The van der Waals surface area contributed by atoms with Crippen molar-refractivity contribution in [2.24, 2.45) is 0 Å². The number of anilines is 1. The summed E-state index contributed by atoms with van der Waals surface area (Å²) in [6, 6.07) is 16.6. The second-order valence-corrected chi connectivity index (χ2v) is 5.02. The van der Waals surface area contributed by atoms with Crippen molar-refractivity contribution in [1.82, 2.24) is 5.16 Å². The van der Waals surface area contributed by atoms with Crippen LogP contribution in [0.4, 0.5) is 5.69 Å². The molecule has 0 aliphatic heterocycles. The van der Waals surface area contributed by atoms with Gasteiger partial charge >= 0.3 is 0 Å². The van der Waals surface area contributed by atoms with Crippen LogP contribution in [0.15, 0.2) is 59.1 Å². The quantitative estimate of drug-likeness (QED) is 0.793. The van der Waals surface area contributed by atoms with Crippen LogP contribution in [0.2, 0.25) is 0 Å². The fraction of sp³-hybridized carbons (Fsp3) is 0.111. The zero-order valence-electron chi connectivity index (χ0n) is 12.9. The van der Waals surface area contributed by atoms with E-state index in [-0.39, 0.29) is 5.91 Å². The number of carbonyl (C=O) groups excluding carboxylic acids is 1. The van der Waals surface area contributed by atoms with Gasteiger partial charge in [-0.1, -0.05) is 35.5 Å². The van der Waals surface area contributed by atoms with Crippen LogP contribution < -0.4 is 10.1 Å². The first-order valence-electron chi connectivity index (χ1n) is 7.16. The van der Waals surface area contributed by atoms with E-state index in [1.54, 1.807) is 38.3 Å². The van der Waals surface area contributed by atoms with Gasteiger partial charge in [-0.3, -0.25) is 4.79 Å². The number of benzene rings is 2. The van der Waals surface area contributed by atoms with Crippen molar-refractivity contribution in [3.05, 3.63) is 65.9 Å². The fourth-order valence-electron chi connectivity index (χ4n) is 2.29. The van der Waals surface area contributed by atoms with Gasteiger partial charge in [-0.25, -0.2) is 0 Å². The first-order valence-corrected chi connectivity index (χ1v) is 7.16. The molecular weight excluding hydrogens is 292 g/mol. The molecule has 0 fully saturated rings. The van der Waals surface area contributed by atoms with Crippen LogP contribution >= 0.6 is 0 Å². The van der Waals surface area contributed by atoms with Gasteiger partial charge < -0.3 is 14.6 Å². The second kappa shape index (κ2) is 6.36. The Kier molecular flexibility index (Phi) is 4.10. The minimum Gasteiger partial charge on any atom is -0.497 e. The monoisotopic (exact) mass is 308 g/mol. The number of carbonyl (C=O) groups is 1. The molecule has 1 amide bonds. The third kappa shape index (κ3) is 3.08. The van der Waals surface area contributed by atoms with Crippen LogP contribution in [0, 0.1) is 6.92 Å². The topological polar surface area (TPSA) is 64.4 Å². The van der Waals surface area contributed by atoms with Gasteiger partial charge in [-0.15, -0.1) is 0 Å². The van der Waals surface area contributed by atoms with Crippen molar-refractivity contribution in [2.45, 2.75) is 6.92 Å². The summed E-state index contributed by atoms with van der Waals surface area (Å²) in [6.45, 7) is 1.75. The van der Waals surface area contributed by atoms with Gasteiger partial charge in [0.05, 0.1) is 12.8 Å². The Labute approximate surface area is 133 Å². The lowest BCUT2D eigenvalue weighted by Gasteiger charge is -2.07. The summed E-state index contributed by atoms with van der Waals surface area (Å²) in [5.74, 6) is 0.941. The Morgan fingerprint density at radius 1 is 1.09 bits per heavy atom. The summed E-state index contributed by atoms with van der Waals surface area (Å²) in [5, 5.41) is 6.78. The van der Waals surface area contributed by atoms with Crippen LogP contribution in [0.5, 0.6) is 5.75 Å². The summed E-state index contributed by atoms with van der Waals surface area (Å²) >= 11 is 0. The molecule has 1 heterocycles. The number of nitrogens with one attached hydrogen (secondary N) is 1. The van der Waals surface area contributed by atoms with Crippen molar-refractivity contribution < 1.29 is 14.1 Å². The SMILES string of the molecule is COc1ccc(NC(=O)c2c(C)noc2-c2ccccc2)cc1. The minimum atomic E-state index is -0.257. The Morgan fingerprint density at radius 3 is 2.43 bits per heavy atom. The maximum absolute atomic E-state index is 12.6. The molecule has 0 spiro atoms. The lowest BCUT2D eigenvalue weighted by atomic mass is 10.1. The molecule has 0 aliphatic carbocycles. The smallest absolute Gasteiger partial charge is 0.261 e. The molecule has 0 radical (unpaired) electrons. The van der Waals surface area contributed by atoms with Crippen LogP contribution in [0.3, 0.4) is 0 Å². The molecule has 1 aromatic heterocycles. The van der Waals surface area contributed by atoms with Crippen LogP contribution in [-0.2, 0) is 0 Å². The van der Waals surface area contributed by atoms with Crippen LogP contribution in [0.1, 0.15) is 16.1 Å². The first-order chi connectivity index (χ1) is 11.2. The number of hydrogen-bond acceptors (Lipinski definition) is 4. The van der Waals surface area contributed by atoms with E-state index in [0.717, 1.165) is 11.3 Å². The predicted molar refractivity (Wildman–Crippen MR) is 87.6 cm³/mol. The molecule has 2 aromatic carbocycles. The van der Waals surface area contributed by atoms with Crippen molar-refractivity contribution >= 4 is 11.6 Å². The highest BCUT2D eigenvalue weighted by atomic mass is 16.5. The number of nitrogens with zero attached hydrogens (tertiary/aromatic N) is 1. The van der Waals surface area contributed by atoms with Gasteiger partial charge in [-0.05, 0) is 31.2 Å². The molecule has 5 heteroatoms. The number of rotatable bonds is 4. The molecular formula is C18H16N2O3. The summed E-state index contributed by atoms with van der Waals surface area (Å²) in [4.78, 5) is 12.6. The molecule has 23 heavy (non-hydrogen) atoms. The van der Waals surface area contributed by atoms with E-state index in [1.165, 1.54) is 0 Å². The third-order valence-electron chi connectivity index (χ3n) is 3.47.